The van der Waals surface area contributed by atoms with E-state index in [0.29, 0.717) is 0 Å². The van der Waals surface area contributed by atoms with Crippen LogP contribution < -0.4 is 0 Å². The van der Waals surface area contributed by atoms with Crippen LogP contribution in [0.5, 0.6) is 0 Å². The highest BCUT2D eigenvalue weighted by atomic mass is 16.5. The molecule has 0 aromatic heterocycles. The van der Waals surface area contributed by atoms with Crippen molar-refractivity contribution >= 4 is 5.97 Å². The first kappa shape index (κ1) is 7.01. The highest BCUT2D eigenvalue weighted by molar-refractivity contribution is 5.84. The van der Waals surface area contributed by atoms with E-state index in [1.807, 2.05) is 0 Å². The Balaban J connectivity index is 0.000000490. The molecule has 3 nitrogen and oxygen atoms in total. The van der Waals surface area contributed by atoms with Crippen molar-refractivity contribution in [3.63, 3.8) is 0 Å². The van der Waals surface area contributed by atoms with Crippen molar-refractivity contribution in [1.82, 2.24) is 0 Å². The summed E-state index contributed by atoms with van der Waals surface area (Å²) in [7, 11) is 0. The lowest BCUT2D eigenvalue weighted by Crippen LogP contribution is -1.90. The van der Waals surface area contributed by atoms with Gasteiger partial charge in [-0.05, 0) is 0 Å². The molecule has 0 bridgehead atoms. The van der Waals surface area contributed by atoms with E-state index >= 15 is 0 Å². The lowest BCUT2D eigenvalue weighted by Gasteiger charge is -1.84. The van der Waals surface area contributed by atoms with E-state index in [9.17, 15) is 4.79 Å². The molecule has 0 saturated heterocycles. The average molecular weight is 116 g/mol. The van der Waals surface area contributed by atoms with Crippen molar-refractivity contribution in [2.24, 2.45) is 0 Å². The number of aliphatic hydroxyl groups excluding tert-OH is 1. The van der Waals surface area contributed by atoms with E-state index in [1.54, 1.807) is 0 Å². The molecule has 0 saturated carbocycles. The number of carbonyl (C=O) groups is 1. The molecule has 0 aromatic carbocycles. The van der Waals surface area contributed by atoms with Crippen molar-refractivity contribution in [2.45, 2.75) is 7.43 Å². The molecule has 1 heterocycles. The summed E-state index contributed by atoms with van der Waals surface area (Å²) < 4.78 is 4.28. The molecule has 1 aliphatic rings. The van der Waals surface area contributed by atoms with E-state index in [-0.39, 0.29) is 19.8 Å². The van der Waals surface area contributed by atoms with Crippen LogP contribution in [0.4, 0.5) is 0 Å². The van der Waals surface area contributed by atoms with Gasteiger partial charge in [0.05, 0.1) is 6.08 Å². The minimum atomic E-state index is -0.461. The standard InChI is InChI=1S/C4H4O3.CH4/c5-3-1-4(6)7-2-3;/h1,5H,2H2;1H4. The molecule has 0 unspecified atom stereocenters. The van der Waals surface area contributed by atoms with Gasteiger partial charge in [-0.25, -0.2) is 4.79 Å². The van der Waals surface area contributed by atoms with Gasteiger partial charge in [0, 0.05) is 0 Å². The zero-order valence-corrected chi connectivity index (χ0v) is 3.55. The molecule has 1 rings (SSSR count). The van der Waals surface area contributed by atoms with E-state index in [0.717, 1.165) is 6.08 Å². The highest BCUT2D eigenvalue weighted by Crippen LogP contribution is 1.99. The Morgan fingerprint density at radius 3 is 2.50 bits per heavy atom. The third-order valence-electron chi connectivity index (χ3n) is 0.647. The van der Waals surface area contributed by atoms with Gasteiger partial charge in [0.25, 0.3) is 0 Å². The van der Waals surface area contributed by atoms with Crippen LogP contribution in [0.25, 0.3) is 0 Å². The summed E-state index contributed by atoms with van der Waals surface area (Å²) in [4.78, 5) is 9.99. The molecule has 0 amide bonds. The van der Waals surface area contributed by atoms with Gasteiger partial charge < -0.3 is 9.84 Å². The summed E-state index contributed by atoms with van der Waals surface area (Å²) in [5.74, 6) is -0.456. The van der Waals surface area contributed by atoms with E-state index in [2.05, 4.69) is 4.74 Å². The molecule has 0 radical (unpaired) electrons. The van der Waals surface area contributed by atoms with Crippen LogP contribution in [0, 0.1) is 0 Å². The van der Waals surface area contributed by atoms with Gasteiger partial charge >= 0.3 is 5.97 Å². The number of hydrogen-bond acceptors (Lipinski definition) is 3. The van der Waals surface area contributed by atoms with Crippen LogP contribution in [0.3, 0.4) is 0 Å². The molecule has 1 N–H and O–H groups in total. The van der Waals surface area contributed by atoms with Gasteiger partial charge in [-0.15, -0.1) is 0 Å². The number of aliphatic hydroxyl groups is 1. The normalized spacial score (nSPS) is 16.5. The van der Waals surface area contributed by atoms with Crippen LogP contribution >= 0.6 is 0 Å². The Kier molecular flexibility index (Phi) is 2.06. The second-order valence-electron chi connectivity index (χ2n) is 1.24. The molecule has 0 aromatic rings. The molecule has 0 aliphatic carbocycles. The van der Waals surface area contributed by atoms with Gasteiger partial charge in [0.15, 0.2) is 0 Å². The van der Waals surface area contributed by atoms with Crippen LogP contribution in [0.15, 0.2) is 11.8 Å². The maximum Gasteiger partial charge on any atom is 0.334 e. The zero-order valence-electron chi connectivity index (χ0n) is 3.55. The minimum Gasteiger partial charge on any atom is -0.508 e. The van der Waals surface area contributed by atoms with Crippen LogP contribution in [0.2, 0.25) is 0 Å². The second kappa shape index (κ2) is 2.35. The van der Waals surface area contributed by atoms with Crippen molar-refractivity contribution in [3.05, 3.63) is 11.8 Å². The number of cyclic esters (lactones) is 1. The summed E-state index contributed by atoms with van der Waals surface area (Å²) in [6.07, 6.45) is 1.06. The fourth-order valence-electron chi connectivity index (χ4n) is 0.364. The van der Waals surface area contributed by atoms with Crippen molar-refractivity contribution in [1.29, 1.82) is 0 Å². The lowest BCUT2D eigenvalue weighted by molar-refractivity contribution is -0.135. The molecular weight excluding hydrogens is 108 g/mol. The molecular formula is C5H8O3. The highest BCUT2D eigenvalue weighted by Gasteiger charge is 2.09. The Labute approximate surface area is 47.6 Å². The fourth-order valence-corrected chi connectivity index (χ4v) is 0.364. The SMILES string of the molecule is C.O=C1C=C(O)CO1. The summed E-state index contributed by atoms with van der Waals surface area (Å²) in [5.41, 5.74) is 0. The summed E-state index contributed by atoms with van der Waals surface area (Å²) >= 11 is 0. The fraction of sp³-hybridized carbons (Fsp3) is 0.400. The Morgan fingerprint density at radius 1 is 1.75 bits per heavy atom. The average Bonchev–Trinajstić information content (AvgIpc) is 1.87. The molecule has 0 spiro atoms. The van der Waals surface area contributed by atoms with Crippen LogP contribution in [-0.2, 0) is 9.53 Å². The molecule has 3 heteroatoms. The predicted molar refractivity (Wildman–Crippen MR) is 28.4 cm³/mol. The summed E-state index contributed by atoms with van der Waals surface area (Å²) in [6, 6.07) is 0. The first-order valence-electron chi connectivity index (χ1n) is 1.85. The molecule has 0 atom stereocenters. The minimum absolute atomic E-state index is 0. The maximum atomic E-state index is 9.99. The first-order valence-corrected chi connectivity index (χ1v) is 1.85. The lowest BCUT2D eigenvalue weighted by atomic mass is 10.5. The monoisotopic (exact) mass is 116 g/mol. The second-order valence-corrected chi connectivity index (χ2v) is 1.24. The molecule has 46 valence electrons. The van der Waals surface area contributed by atoms with Crippen LogP contribution in [-0.4, -0.2) is 17.7 Å². The summed E-state index contributed by atoms with van der Waals surface area (Å²) in [5, 5.41) is 8.41. The van der Waals surface area contributed by atoms with Crippen molar-refractivity contribution in [2.75, 3.05) is 6.61 Å². The predicted octanol–water partition coefficient (Wildman–Crippen LogP) is 0.621. The van der Waals surface area contributed by atoms with Gasteiger partial charge in [0.2, 0.25) is 0 Å². The van der Waals surface area contributed by atoms with Gasteiger partial charge in [0.1, 0.15) is 12.4 Å². The van der Waals surface area contributed by atoms with Crippen molar-refractivity contribution in [3.8, 4) is 0 Å². The number of ether oxygens (including phenoxy) is 1. The smallest absolute Gasteiger partial charge is 0.334 e. The molecule has 8 heavy (non-hydrogen) atoms. The first-order chi connectivity index (χ1) is 3.29. The van der Waals surface area contributed by atoms with Gasteiger partial charge in [-0.3, -0.25) is 0 Å². The topological polar surface area (TPSA) is 46.5 Å². The van der Waals surface area contributed by atoms with Gasteiger partial charge in [-0.1, -0.05) is 7.43 Å². The third-order valence-corrected chi connectivity index (χ3v) is 0.647. The Bertz CT molecular complexity index is 126. The Hall–Kier alpha value is -0.990. The Morgan fingerprint density at radius 2 is 2.38 bits per heavy atom. The number of esters is 1. The van der Waals surface area contributed by atoms with E-state index in [1.165, 1.54) is 0 Å². The number of rotatable bonds is 0. The third kappa shape index (κ3) is 1.26. The largest absolute Gasteiger partial charge is 0.508 e. The molecule has 0 fully saturated rings. The van der Waals surface area contributed by atoms with Crippen molar-refractivity contribution < 1.29 is 14.6 Å². The quantitative estimate of drug-likeness (QED) is 0.472. The van der Waals surface area contributed by atoms with E-state index in [4.69, 9.17) is 5.11 Å². The van der Waals surface area contributed by atoms with Gasteiger partial charge in [-0.2, -0.15) is 0 Å². The maximum absolute atomic E-state index is 9.99. The zero-order chi connectivity index (χ0) is 5.28. The number of hydrogen-bond donors (Lipinski definition) is 1. The molecule has 1 aliphatic heterocycles. The van der Waals surface area contributed by atoms with Crippen LogP contribution in [0.1, 0.15) is 7.43 Å². The number of carbonyl (C=O) groups excluding carboxylic acids is 1. The van der Waals surface area contributed by atoms with E-state index < -0.39 is 5.97 Å². The summed E-state index contributed by atoms with van der Waals surface area (Å²) in [6.45, 7) is 0.0405.